The van der Waals surface area contributed by atoms with Crippen LogP contribution in [0.25, 0.3) is 33.4 Å². The number of aromatic nitrogens is 2. The molecule has 1 aliphatic rings. The zero-order valence-electron chi connectivity index (χ0n) is 20.5. The lowest BCUT2D eigenvalue weighted by Crippen LogP contribution is -2.39. The van der Waals surface area contributed by atoms with E-state index < -0.39 is 0 Å². The number of pyridine rings is 1. The summed E-state index contributed by atoms with van der Waals surface area (Å²) in [5.41, 5.74) is 8.59. The minimum atomic E-state index is 0.223. The molecule has 1 fully saturated rings. The van der Waals surface area contributed by atoms with Crippen molar-refractivity contribution in [1.82, 2.24) is 14.5 Å². The second kappa shape index (κ2) is 8.74. The summed E-state index contributed by atoms with van der Waals surface area (Å²) in [5, 5.41) is 9.24. The van der Waals surface area contributed by atoms with Gasteiger partial charge in [-0.25, -0.2) is 4.98 Å². The number of hydrogen-bond donors (Lipinski definition) is 0. The zero-order valence-corrected chi connectivity index (χ0v) is 20.5. The summed E-state index contributed by atoms with van der Waals surface area (Å²) in [6, 6.07) is 23.1. The summed E-state index contributed by atoms with van der Waals surface area (Å²) in [6.07, 6.45) is 3.42. The van der Waals surface area contributed by atoms with Crippen LogP contribution in [0.1, 0.15) is 38.3 Å². The summed E-state index contributed by atoms with van der Waals surface area (Å²) in [7, 11) is 0. The Labute approximate surface area is 202 Å². The van der Waals surface area contributed by atoms with Crippen molar-refractivity contribution in [3.05, 3.63) is 78.0 Å². The molecule has 0 amide bonds. The van der Waals surface area contributed by atoms with E-state index in [1.54, 1.807) is 0 Å². The molecule has 0 bridgehead atoms. The zero-order chi connectivity index (χ0) is 23.9. The van der Waals surface area contributed by atoms with Crippen LogP contribution >= 0.6 is 0 Å². The topological polar surface area (TPSA) is 44.9 Å². The van der Waals surface area contributed by atoms with E-state index in [0.717, 1.165) is 41.0 Å². The minimum Gasteiger partial charge on any atom is -0.346 e. The summed E-state index contributed by atoms with van der Waals surface area (Å²) < 4.78 is 2.38. The van der Waals surface area contributed by atoms with Crippen LogP contribution in [0.15, 0.2) is 66.9 Å². The van der Waals surface area contributed by atoms with Gasteiger partial charge in [-0.05, 0) is 76.4 Å². The highest BCUT2D eigenvalue weighted by atomic mass is 15.2. The lowest BCUT2D eigenvalue weighted by atomic mass is 9.97. The van der Waals surface area contributed by atoms with Crippen LogP contribution in [-0.4, -0.2) is 33.1 Å². The van der Waals surface area contributed by atoms with Crippen molar-refractivity contribution >= 4 is 11.0 Å². The fourth-order valence-corrected chi connectivity index (χ4v) is 5.01. The maximum absolute atomic E-state index is 9.24. The highest BCUT2D eigenvalue weighted by molar-refractivity contribution is 5.90. The van der Waals surface area contributed by atoms with Gasteiger partial charge in [0.05, 0.1) is 28.4 Å². The molecule has 0 aliphatic carbocycles. The van der Waals surface area contributed by atoms with Crippen LogP contribution < -0.4 is 0 Å². The first-order chi connectivity index (χ1) is 16.3. The molecule has 5 rings (SSSR count). The van der Waals surface area contributed by atoms with Crippen LogP contribution in [0.5, 0.6) is 0 Å². The van der Waals surface area contributed by atoms with Gasteiger partial charge in [-0.2, -0.15) is 5.26 Å². The van der Waals surface area contributed by atoms with Gasteiger partial charge in [0.25, 0.3) is 0 Å². The van der Waals surface area contributed by atoms with E-state index in [2.05, 4.69) is 85.8 Å². The quantitative estimate of drug-likeness (QED) is 0.350. The Bertz CT molecular complexity index is 1350. The van der Waals surface area contributed by atoms with Crippen molar-refractivity contribution < 1.29 is 0 Å². The van der Waals surface area contributed by atoms with Crippen molar-refractivity contribution in [2.45, 2.75) is 46.2 Å². The number of hydrogen-bond acceptors (Lipinski definition) is 3. The maximum atomic E-state index is 9.24. The fourth-order valence-electron chi connectivity index (χ4n) is 5.01. The molecule has 0 radical (unpaired) electrons. The molecular weight excluding hydrogens is 416 g/mol. The molecule has 0 spiro atoms. The molecule has 3 heterocycles. The summed E-state index contributed by atoms with van der Waals surface area (Å²) >= 11 is 0. The average Bonchev–Trinajstić information content (AvgIpc) is 3.46. The second-order valence-electron chi connectivity index (χ2n) is 10.6. The third-order valence-electron chi connectivity index (χ3n) is 7.09. The average molecular weight is 449 g/mol. The minimum absolute atomic E-state index is 0.223. The molecule has 34 heavy (non-hydrogen) atoms. The second-order valence-corrected chi connectivity index (χ2v) is 10.6. The standard InChI is InChI=1S/C30H32N4/c1-21-5-9-25(10-6-21)29-26(24-11-7-22(18-31)8-12-24)17-28-27(32-29)14-15-33(28)19-23-13-16-34(20-23)30(2,3)4/h5-12,14-15,17,23H,13,16,19-20H2,1-4H3/t23-/m0/s1. The Morgan fingerprint density at radius 1 is 1.00 bits per heavy atom. The third-order valence-corrected chi connectivity index (χ3v) is 7.09. The number of fused-ring (bicyclic) bond motifs is 1. The van der Waals surface area contributed by atoms with Crippen molar-refractivity contribution in [2.24, 2.45) is 5.92 Å². The van der Waals surface area contributed by atoms with E-state index in [9.17, 15) is 5.26 Å². The smallest absolute Gasteiger partial charge is 0.0991 e. The van der Waals surface area contributed by atoms with Gasteiger partial charge in [-0.15, -0.1) is 0 Å². The number of nitriles is 1. The predicted octanol–water partition coefficient (Wildman–Crippen LogP) is 6.67. The van der Waals surface area contributed by atoms with Gasteiger partial charge < -0.3 is 4.57 Å². The lowest BCUT2D eigenvalue weighted by Gasteiger charge is -2.31. The monoisotopic (exact) mass is 448 g/mol. The summed E-state index contributed by atoms with van der Waals surface area (Å²) in [5.74, 6) is 0.643. The molecular formula is C30H32N4. The first-order valence-electron chi connectivity index (χ1n) is 12.1. The fraction of sp³-hybridized carbons (Fsp3) is 0.333. The number of aryl methyl sites for hydroxylation is 1. The van der Waals surface area contributed by atoms with Gasteiger partial charge in [0.15, 0.2) is 0 Å². The number of nitrogens with zero attached hydrogens (tertiary/aromatic N) is 4. The third kappa shape index (κ3) is 4.36. The molecule has 1 saturated heterocycles. The van der Waals surface area contributed by atoms with E-state index in [1.807, 2.05) is 24.3 Å². The Kier molecular flexibility index (Phi) is 5.75. The van der Waals surface area contributed by atoms with Gasteiger partial charge >= 0.3 is 0 Å². The first kappa shape index (κ1) is 22.4. The molecule has 0 N–H and O–H groups in total. The van der Waals surface area contributed by atoms with E-state index in [-0.39, 0.29) is 5.54 Å². The summed E-state index contributed by atoms with van der Waals surface area (Å²) in [6.45, 7) is 12.3. The van der Waals surface area contributed by atoms with E-state index in [0.29, 0.717) is 11.5 Å². The molecule has 4 nitrogen and oxygen atoms in total. The van der Waals surface area contributed by atoms with Gasteiger partial charge in [-0.1, -0.05) is 42.0 Å². The van der Waals surface area contributed by atoms with Gasteiger partial charge in [0.2, 0.25) is 0 Å². The SMILES string of the molecule is Cc1ccc(-c2nc3ccn(C[C@@H]4CCN(C(C)(C)C)C4)c3cc2-c2ccc(C#N)cc2)cc1. The van der Waals surface area contributed by atoms with Gasteiger partial charge in [-0.3, -0.25) is 4.90 Å². The van der Waals surface area contributed by atoms with Crippen molar-refractivity contribution in [3.8, 4) is 28.5 Å². The highest BCUT2D eigenvalue weighted by Crippen LogP contribution is 2.35. The molecule has 2 aromatic heterocycles. The first-order valence-corrected chi connectivity index (χ1v) is 12.1. The van der Waals surface area contributed by atoms with Crippen molar-refractivity contribution in [1.29, 1.82) is 5.26 Å². The van der Waals surface area contributed by atoms with Gasteiger partial charge in [0.1, 0.15) is 0 Å². The highest BCUT2D eigenvalue weighted by Gasteiger charge is 2.30. The Morgan fingerprint density at radius 2 is 1.71 bits per heavy atom. The van der Waals surface area contributed by atoms with E-state index in [1.165, 1.54) is 24.0 Å². The van der Waals surface area contributed by atoms with Crippen LogP contribution in [0.4, 0.5) is 0 Å². The summed E-state index contributed by atoms with van der Waals surface area (Å²) in [4.78, 5) is 7.74. The van der Waals surface area contributed by atoms with E-state index in [4.69, 9.17) is 4.98 Å². The van der Waals surface area contributed by atoms with Crippen LogP contribution in [0.3, 0.4) is 0 Å². The molecule has 4 aromatic rings. The van der Waals surface area contributed by atoms with Crippen molar-refractivity contribution in [2.75, 3.05) is 13.1 Å². The number of likely N-dealkylation sites (tertiary alicyclic amines) is 1. The van der Waals surface area contributed by atoms with Crippen molar-refractivity contribution in [3.63, 3.8) is 0 Å². The molecule has 0 saturated carbocycles. The molecule has 2 aromatic carbocycles. The van der Waals surface area contributed by atoms with Crippen LogP contribution in [0.2, 0.25) is 0 Å². The number of benzene rings is 2. The van der Waals surface area contributed by atoms with E-state index >= 15 is 0 Å². The van der Waals surface area contributed by atoms with Crippen LogP contribution in [-0.2, 0) is 6.54 Å². The maximum Gasteiger partial charge on any atom is 0.0991 e. The van der Waals surface area contributed by atoms with Gasteiger partial charge in [0, 0.05) is 36.0 Å². The molecule has 4 heteroatoms. The Morgan fingerprint density at radius 3 is 2.35 bits per heavy atom. The predicted molar refractivity (Wildman–Crippen MR) is 139 cm³/mol. The largest absolute Gasteiger partial charge is 0.346 e. The molecule has 172 valence electrons. The Hall–Kier alpha value is -3.42. The molecule has 1 atom stereocenters. The Balaban J connectivity index is 1.56. The molecule has 0 unspecified atom stereocenters. The normalized spacial score (nSPS) is 16.7. The lowest BCUT2D eigenvalue weighted by molar-refractivity contribution is 0.166. The van der Waals surface area contributed by atoms with Crippen LogP contribution in [0, 0.1) is 24.2 Å². The number of rotatable bonds is 4. The molecule has 1 aliphatic heterocycles.